The molecule has 1 aromatic carbocycles. The third kappa shape index (κ3) is 4.69. The average Bonchev–Trinajstić information content (AvgIpc) is 2.49. The van der Waals surface area contributed by atoms with Crippen LogP contribution in [0.5, 0.6) is 0 Å². The number of rotatable bonds is 4. The molecule has 1 heterocycles. The highest BCUT2D eigenvalue weighted by Gasteiger charge is 2.37. The quantitative estimate of drug-likeness (QED) is 0.831. The Hall–Kier alpha value is -1.15. The minimum Gasteiger partial charge on any atom is -0.341 e. The van der Waals surface area contributed by atoms with E-state index in [4.69, 9.17) is 5.73 Å². The first-order valence-corrected chi connectivity index (χ1v) is 9.23. The fourth-order valence-electron chi connectivity index (χ4n) is 2.79. The van der Waals surface area contributed by atoms with E-state index in [9.17, 15) is 13.2 Å². The van der Waals surface area contributed by atoms with Crippen molar-refractivity contribution in [2.24, 2.45) is 11.1 Å². The number of benzene rings is 1. The molecule has 1 fully saturated rings. The summed E-state index contributed by atoms with van der Waals surface area (Å²) in [5.41, 5.74) is 5.90. The van der Waals surface area contributed by atoms with E-state index < -0.39 is 16.1 Å². The Bertz CT molecular complexity index is 664. The lowest BCUT2D eigenvalue weighted by molar-refractivity contribution is -0.136. The number of nitrogens with two attached hydrogens (primary N) is 1. The predicted octanol–water partition coefficient (Wildman–Crippen LogP) is 1.36. The van der Waals surface area contributed by atoms with Crippen LogP contribution in [0, 0.1) is 5.41 Å². The lowest BCUT2D eigenvalue weighted by atomic mass is 9.79. The van der Waals surface area contributed by atoms with Gasteiger partial charge in [0, 0.05) is 19.1 Å². The Balaban J connectivity index is 0.00000288. The van der Waals surface area contributed by atoms with E-state index in [1.54, 1.807) is 30.0 Å². The summed E-state index contributed by atoms with van der Waals surface area (Å²) in [6, 6.07) is 7.27. The third-order valence-electron chi connectivity index (χ3n) is 4.38. The Kier molecular flexibility index (Phi) is 6.81. The molecule has 1 saturated heterocycles. The molecule has 0 aliphatic carbocycles. The standard InChI is InChI=1S/C16H25N3O3S.ClH/c1-12(18-23(21,22)13-7-5-4-6-8-13)15(20)19-10-9-14(17)16(2,3)11-19;/h4-8,12,14,18H,9-11,17H2,1-3H3;1H. The second kappa shape index (κ2) is 7.82. The summed E-state index contributed by atoms with van der Waals surface area (Å²) in [5, 5.41) is 0. The van der Waals surface area contributed by atoms with Gasteiger partial charge in [-0.1, -0.05) is 32.0 Å². The fraction of sp³-hybridized carbons (Fsp3) is 0.562. The van der Waals surface area contributed by atoms with Crippen LogP contribution >= 0.6 is 12.4 Å². The van der Waals surface area contributed by atoms with Crippen molar-refractivity contribution in [3.8, 4) is 0 Å². The highest BCUT2D eigenvalue weighted by molar-refractivity contribution is 7.89. The molecular weight excluding hydrogens is 350 g/mol. The SMILES string of the molecule is CC(NS(=O)(=O)c1ccccc1)C(=O)N1CCC(N)C(C)(C)C1.Cl. The lowest BCUT2D eigenvalue weighted by Crippen LogP contribution is -2.57. The van der Waals surface area contributed by atoms with Gasteiger partial charge in [-0.2, -0.15) is 4.72 Å². The number of likely N-dealkylation sites (tertiary alicyclic amines) is 1. The molecule has 2 unspecified atom stereocenters. The fourth-order valence-corrected chi connectivity index (χ4v) is 4.00. The summed E-state index contributed by atoms with van der Waals surface area (Å²) in [4.78, 5) is 14.4. The molecule has 0 saturated carbocycles. The molecule has 1 amide bonds. The van der Waals surface area contributed by atoms with Gasteiger partial charge in [-0.05, 0) is 30.9 Å². The van der Waals surface area contributed by atoms with E-state index in [0.29, 0.717) is 13.1 Å². The van der Waals surface area contributed by atoms with Gasteiger partial charge in [0.1, 0.15) is 0 Å². The molecule has 6 nitrogen and oxygen atoms in total. The number of carbonyl (C=O) groups is 1. The molecule has 1 aliphatic heterocycles. The second-order valence-corrected chi connectivity index (χ2v) is 8.51. The predicted molar refractivity (Wildman–Crippen MR) is 96.4 cm³/mol. The molecule has 0 aromatic heterocycles. The molecule has 24 heavy (non-hydrogen) atoms. The molecule has 8 heteroatoms. The highest BCUT2D eigenvalue weighted by Crippen LogP contribution is 2.28. The first-order valence-electron chi connectivity index (χ1n) is 7.75. The van der Waals surface area contributed by atoms with E-state index in [2.05, 4.69) is 4.72 Å². The molecule has 1 aromatic rings. The van der Waals surface area contributed by atoms with Gasteiger partial charge < -0.3 is 10.6 Å². The van der Waals surface area contributed by atoms with Crippen LogP contribution < -0.4 is 10.5 Å². The van der Waals surface area contributed by atoms with E-state index in [0.717, 1.165) is 6.42 Å². The number of amides is 1. The number of hydrogen-bond donors (Lipinski definition) is 2. The first-order chi connectivity index (χ1) is 10.6. The molecule has 2 rings (SSSR count). The second-order valence-electron chi connectivity index (χ2n) is 6.80. The maximum Gasteiger partial charge on any atom is 0.241 e. The third-order valence-corrected chi connectivity index (χ3v) is 5.94. The van der Waals surface area contributed by atoms with Gasteiger partial charge in [0.2, 0.25) is 15.9 Å². The van der Waals surface area contributed by atoms with Gasteiger partial charge in [-0.3, -0.25) is 4.79 Å². The number of carbonyl (C=O) groups excluding carboxylic acids is 1. The minimum absolute atomic E-state index is 0. The molecular formula is C16H26ClN3O3S. The molecule has 0 spiro atoms. The zero-order valence-corrected chi connectivity index (χ0v) is 15.9. The van der Waals surface area contributed by atoms with Crippen LogP contribution in [0.15, 0.2) is 35.2 Å². The summed E-state index contributed by atoms with van der Waals surface area (Å²) in [6.07, 6.45) is 0.719. The van der Waals surface area contributed by atoms with Gasteiger partial charge in [0.25, 0.3) is 0 Å². The van der Waals surface area contributed by atoms with Crippen LogP contribution in [-0.4, -0.2) is 44.4 Å². The van der Waals surface area contributed by atoms with Crippen molar-refractivity contribution in [3.05, 3.63) is 30.3 Å². The van der Waals surface area contributed by atoms with Crippen LogP contribution in [0.2, 0.25) is 0 Å². The summed E-state index contributed by atoms with van der Waals surface area (Å²) in [6.45, 7) is 6.71. The van der Waals surface area contributed by atoms with Crippen LogP contribution in [0.25, 0.3) is 0 Å². The Morgan fingerprint density at radius 1 is 1.33 bits per heavy atom. The summed E-state index contributed by atoms with van der Waals surface area (Å²) in [7, 11) is -3.70. The van der Waals surface area contributed by atoms with Crippen molar-refractivity contribution in [2.45, 2.75) is 44.2 Å². The number of nitrogens with one attached hydrogen (secondary N) is 1. The van der Waals surface area contributed by atoms with Crippen molar-refractivity contribution in [1.29, 1.82) is 0 Å². The Morgan fingerprint density at radius 2 is 1.92 bits per heavy atom. The van der Waals surface area contributed by atoms with Crippen LogP contribution in [-0.2, 0) is 14.8 Å². The van der Waals surface area contributed by atoms with E-state index in [-0.39, 0.29) is 34.7 Å². The van der Waals surface area contributed by atoms with Gasteiger partial charge in [0.05, 0.1) is 10.9 Å². The molecule has 2 atom stereocenters. The van der Waals surface area contributed by atoms with Crippen molar-refractivity contribution >= 4 is 28.3 Å². The van der Waals surface area contributed by atoms with Gasteiger partial charge in [0.15, 0.2) is 0 Å². The average molecular weight is 376 g/mol. The van der Waals surface area contributed by atoms with Gasteiger partial charge in [-0.15, -0.1) is 12.4 Å². The molecule has 1 aliphatic rings. The van der Waals surface area contributed by atoms with Gasteiger partial charge in [-0.25, -0.2) is 8.42 Å². The molecule has 136 valence electrons. The first kappa shape index (κ1) is 20.9. The zero-order chi connectivity index (χ0) is 17.3. The minimum atomic E-state index is -3.70. The van der Waals surface area contributed by atoms with Crippen molar-refractivity contribution in [2.75, 3.05) is 13.1 Å². The van der Waals surface area contributed by atoms with Crippen LogP contribution in [0.1, 0.15) is 27.2 Å². The molecule has 0 radical (unpaired) electrons. The zero-order valence-electron chi connectivity index (χ0n) is 14.2. The Labute approximate surface area is 150 Å². The normalized spacial score (nSPS) is 21.7. The van der Waals surface area contributed by atoms with Crippen LogP contribution in [0.4, 0.5) is 0 Å². The largest absolute Gasteiger partial charge is 0.341 e. The summed E-state index contributed by atoms with van der Waals surface area (Å²) >= 11 is 0. The van der Waals surface area contributed by atoms with E-state index in [1.165, 1.54) is 12.1 Å². The van der Waals surface area contributed by atoms with Gasteiger partial charge >= 0.3 is 0 Å². The van der Waals surface area contributed by atoms with Crippen molar-refractivity contribution in [1.82, 2.24) is 9.62 Å². The van der Waals surface area contributed by atoms with Crippen molar-refractivity contribution in [3.63, 3.8) is 0 Å². The summed E-state index contributed by atoms with van der Waals surface area (Å²) < 4.78 is 27.1. The van der Waals surface area contributed by atoms with Crippen molar-refractivity contribution < 1.29 is 13.2 Å². The van der Waals surface area contributed by atoms with E-state index >= 15 is 0 Å². The number of halogens is 1. The lowest BCUT2D eigenvalue weighted by Gasteiger charge is -2.43. The summed E-state index contributed by atoms with van der Waals surface area (Å²) in [5.74, 6) is -0.218. The van der Waals surface area contributed by atoms with Crippen LogP contribution in [0.3, 0.4) is 0 Å². The number of hydrogen-bond acceptors (Lipinski definition) is 4. The Morgan fingerprint density at radius 3 is 2.46 bits per heavy atom. The molecule has 3 N–H and O–H groups in total. The maximum absolute atomic E-state index is 12.6. The number of nitrogens with zero attached hydrogens (tertiary/aromatic N) is 1. The highest BCUT2D eigenvalue weighted by atomic mass is 35.5. The number of piperidine rings is 1. The topological polar surface area (TPSA) is 92.5 Å². The maximum atomic E-state index is 12.6. The monoisotopic (exact) mass is 375 g/mol. The number of sulfonamides is 1. The molecule has 0 bridgehead atoms. The smallest absolute Gasteiger partial charge is 0.241 e. The van der Waals surface area contributed by atoms with E-state index in [1.807, 2.05) is 13.8 Å².